The summed E-state index contributed by atoms with van der Waals surface area (Å²) >= 11 is 0. The van der Waals surface area contributed by atoms with Gasteiger partial charge in [-0.2, -0.15) is 0 Å². The molecule has 0 aliphatic heterocycles. The van der Waals surface area contributed by atoms with Crippen LogP contribution in [0, 0.1) is 19.7 Å². The van der Waals surface area contributed by atoms with Crippen molar-refractivity contribution in [1.29, 1.82) is 0 Å². The van der Waals surface area contributed by atoms with Gasteiger partial charge in [0.05, 0.1) is 18.6 Å². The Hall–Kier alpha value is -2.57. The van der Waals surface area contributed by atoms with E-state index >= 15 is 0 Å². The molecular weight excluding hydrogens is 337 g/mol. The largest absolute Gasteiger partial charge is 0.481 e. The Morgan fingerprint density at radius 1 is 1.23 bits per heavy atom. The summed E-state index contributed by atoms with van der Waals surface area (Å²) in [6, 6.07) is 7.99. The standard InChI is InChI=1S/C20H22FNO4/c1-12-9-19(14-3-5-15(21)6-4-14)18(13(2)22-12)8-7-16(23)10-17(24)11-20(25)26/h3-9,16-17,23-24H,10-11H2,1-2H3,(H,25,26)/b8-7+/t16-,17-/m0/s1. The number of benzene rings is 1. The molecule has 0 saturated carbocycles. The maximum Gasteiger partial charge on any atom is 0.305 e. The Labute approximate surface area is 151 Å². The van der Waals surface area contributed by atoms with E-state index in [0.29, 0.717) is 0 Å². The number of aryl methyl sites for hydroxylation is 2. The average Bonchev–Trinajstić information content (AvgIpc) is 2.53. The second-order valence-corrected chi connectivity index (χ2v) is 6.23. The number of hydrogen-bond acceptors (Lipinski definition) is 4. The number of halogens is 1. The first-order valence-corrected chi connectivity index (χ1v) is 8.26. The van der Waals surface area contributed by atoms with Crippen LogP contribution in [0.3, 0.4) is 0 Å². The molecule has 0 aliphatic carbocycles. The number of aliphatic hydroxyl groups excluding tert-OH is 2. The third-order valence-electron chi connectivity index (χ3n) is 3.94. The number of aliphatic carboxylic acids is 1. The molecule has 2 rings (SSSR count). The zero-order chi connectivity index (χ0) is 19.3. The Morgan fingerprint density at radius 3 is 2.50 bits per heavy atom. The van der Waals surface area contributed by atoms with Crippen molar-refractivity contribution < 1.29 is 24.5 Å². The fraction of sp³-hybridized carbons (Fsp3) is 0.300. The summed E-state index contributed by atoms with van der Waals surface area (Å²) in [6.45, 7) is 3.70. The number of nitrogens with zero attached hydrogens (tertiary/aromatic N) is 1. The highest BCUT2D eigenvalue weighted by molar-refractivity contribution is 5.76. The van der Waals surface area contributed by atoms with Crippen molar-refractivity contribution in [2.45, 2.75) is 38.9 Å². The second-order valence-electron chi connectivity index (χ2n) is 6.23. The molecule has 2 aromatic rings. The fourth-order valence-corrected chi connectivity index (χ4v) is 2.77. The molecule has 1 heterocycles. The zero-order valence-electron chi connectivity index (χ0n) is 14.7. The van der Waals surface area contributed by atoms with Crippen molar-refractivity contribution in [3.63, 3.8) is 0 Å². The van der Waals surface area contributed by atoms with E-state index in [-0.39, 0.29) is 12.2 Å². The van der Waals surface area contributed by atoms with Crippen LogP contribution in [0.4, 0.5) is 4.39 Å². The summed E-state index contributed by atoms with van der Waals surface area (Å²) in [4.78, 5) is 15.0. The van der Waals surface area contributed by atoms with Gasteiger partial charge in [-0.3, -0.25) is 9.78 Å². The van der Waals surface area contributed by atoms with Gasteiger partial charge in [-0.15, -0.1) is 0 Å². The van der Waals surface area contributed by atoms with E-state index in [1.54, 1.807) is 18.2 Å². The molecule has 0 amide bonds. The van der Waals surface area contributed by atoms with Gasteiger partial charge < -0.3 is 15.3 Å². The Bertz CT molecular complexity index is 802. The molecule has 0 bridgehead atoms. The number of carbonyl (C=O) groups is 1. The molecule has 0 saturated heterocycles. The first kappa shape index (κ1) is 19.8. The lowest BCUT2D eigenvalue weighted by Crippen LogP contribution is -2.19. The maximum atomic E-state index is 13.2. The summed E-state index contributed by atoms with van der Waals surface area (Å²) in [5.41, 5.74) is 4.01. The number of pyridine rings is 1. The average molecular weight is 359 g/mol. The summed E-state index contributed by atoms with van der Waals surface area (Å²) < 4.78 is 13.2. The Balaban J connectivity index is 2.28. The number of hydrogen-bond donors (Lipinski definition) is 3. The molecule has 0 radical (unpaired) electrons. The predicted octanol–water partition coefficient (Wildman–Crippen LogP) is 3.10. The minimum absolute atomic E-state index is 0.0764. The van der Waals surface area contributed by atoms with E-state index in [4.69, 9.17) is 5.11 Å². The van der Waals surface area contributed by atoms with Crippen molar-refractivity contribution in [1.82, 2.24) is 4.98 Å². The normalized spacial score (nSPS) is 13.7. The Kier molecular flexibility index (Phi) is 6.60. The number of aromatic nitrogens is 1. The molecule has 3 N–H and O–H groups in total. The molecule has 0 fully saturated rings. The molecule has 6 heteroatoms. The van der Waals surface area contributed by atoms with Crippen molar-refractivity contribution in [3.05, 3.63) is 59.2 Å². The van der Waals surface area contributed by atoms with E-state index in [1.807, 2.05) is 19.9 Å². The molecule has 26 heavy (non-hydrogen) atoms. The van der Waals surface area contributed by atoms with Gasteiger partial charge in [0.2, 0.25) is 0 Å². The van der Waals surface area contributed by atoms with Gasteiger partial charge in [0.15, 0.2) is 0 Å². The number of carboxylic acid groups (broad SMARTS) is 1. The molecule has 5 nitrogen and oxygen atoms in total. The zero-order valence-corrected chi connectivity index (χ0v) is 14.7. The van der Waals surface area contributed by atoms with Gasteiger partial charge in [-0.05, 0) is 43.2 Å². The van der Waals surface area contributed by atoms with Gasteiger partial charge in [0.1, 0.15) is 5.82 Å². The Morgan fingerprint density at radius 2 is 1.88 bits per heavy atom. The smallest absolute Gasteiger partial charge is 0.305 e. The minimum atomic E-state index is -1.12. The van der Waals surface area contributed by atoms with Crippen LogP contribution in [0.1, 0.15) is 29.8 Å². The molecule has 0 unspecified atom stereocenters. The van der Waals surface area contributed by atoms with E-state index in [1.165, 1.54) is 18.2 Å². The monoisotopic (exact) mass is 359 g/mol. The predicted molar refractivity (Wildman–Crippen MR) is 97.0 cm³/mol. The highest BCUT2D eigenvalue weighted by Crippen LogP contribution is 2.28. The lowest BCUT2D eigenvalue weighted by atomic mass is 9.97. The van der Waals surface area contributed by atoms with Gasteiger partial charge >= 0.3 is 5.97 Å². The van der Waals surface area contributed by atoms with Crippen molar-refractivity contribution in [3.8, 4) is 11.1 Å². The fourth-order valence-electron chi connectivity index (χ4n) is 2.77. The minimum Gasteiger partial charge on any atom is -0.481 e. The van der Waals surface area contributed by atoms with E-state index in [2.05, 4.69) is 4.98 Å². The first-order chi connectivity index (χ1) is 12.3. The summed E-state index contributed by atoms with van der Waals surface area (Å²) in [6.07, 6.45) is 0.576. The van der Waals surface area contributed by atoms with E-state index in [9.17, 15) is 19.4 Å². The van der Waals surface area contributed by atoms with Crippen LogP contribution in [0.5, 0.6) is 0 Å². The molecule has 2 atom stereocenters. The summed E-state index contributed by atoms with van der Waals surface area (Å²) in [5.74, 6) is -1.44. The molecule has 0 aliphatic rings. The third kappa shape index (κ3) is 5.47. The van der Waals surface area contributed by atoms with Crippen LogP contribution >= 0.6 is 0 Å². The maximum absolute atomic E-state index is 13.2. The quantitative estimate of drug-likeness (QED) is 0.707. The van der Waals surface area contributed by atoms with E-state index < -0.39 is 24.6 Å². The van der Waals surface area contributed by atoms with Crippen LogP contribution in [0.15, 0.2) is 36.4 Å². The number of carboxylic acids is 1. The van der Waals surface area contributed by atoms with Crippen molar-refractivity contribution in [2.24, 2.45) is 0 Å². The lowest BCUT2D eigenvalue weighted by Gasteiger charge is -2.13. The molecule has 1 aromatic carbocycles. The van der Waals surface area contributed by atoms with Gasteiger partial charge in [0, 0.05) is 23.4 Å². The molecular formula is C20H22FNO4. The van der Waals surface area contributed by atoms with Crippen molar-refractivity contribution >= 4 is 12.0 Å². The van der Waals surface area contributed by atoms with Gasteiger partial charge in [-0.25, -0.2) is 4.39 Å². The van der Waals surface area contributed by atoms with Crippen LogP contribution < -0.4 is 0 Å². The van der Waals surface area contributed by atoms with Crippen LogP contribution in [0.2, 0.25) is 0 Å². The highest BCUT2D eigenvalue weighted by atomic mass is 19.1. The van der Waals surface area contributed by atoms with Crippen molar-refractivity contribution in [2.75, 3.05) is 0 Å². The molecule has 0 spiro atoms. The summed E-state index contributed by atoms with van der Waals surface area (Å²) in [7, 11) is 0. The second kappa shape index (κ2) is 8.69. The summed E-state index contributed by atoms with van der Waals surface area (Å²) in [5, 5.41) is 28.3. The van der Waals surface area contributed by atoms with Gasteiger partial charge in [-0.1, -0.05) is 24.3 Å². The topological polar surface area (TPSA) is 90.7 Å². The number of rotatable bonds is 7. The van der Waals surface area contributed by atoms with E-state index in [0.717, 1.165) is 28.1 Å². The highest BCUT2D eigenvalue weighted by Gasteiger charge is 2.14. The molecule has 1 aromatic heterocycles. The van der Waals surface area contributed by atoms with Gasteiger partial charge in [0.25, 0.3) is 0 Å². The number of aliphatic hydroxyl groups is 2. The first-order valence-electron chi connectivity index (χ1n) is 8.26. The lowest BCUT2D eigenvalue weighted by molar-refractivity contribution is -0.139. The third-order valence-corrected chi connectivity index (χ3v) is 3.94. The van der Waals surface area contributed by atoms with Crippen LogP contribution in [-0.2, 0) is 4.79 Å². The van der Waals surface area contributed by atoms with Crippen LogP contribution in [0.25, 0.3) is 17.2 Å². The van der Waals surface area contributed by atoms with Crippen LogP contribution in [-0.4, -0.2) is 38.5 Å². The SMILES string of the molecule is Cc1cc(-c2ccc(F)cc2)c(/C=C/[C@H](O)C[C@H](O)CC(=O)O)c(C)n1. The molecule has 138 valence electrons.